The number of hydrogen-bond donors (Lipinski definition) is 2. The van der Waals surface area contributed by atoms with Crippen LogP contribution < -0.4 is 10.1 Å². The van der Waals surface area contributed by atoms with E-state index in [9.17, 15) is 4.39 Å². The molecule has 0 spiro atoms. The molecule has 2 N–H and O–H groups in total. The number of fused-ring (bicyclic) bond motifs is 2. The number of nitrogens with one attached hydrogen (secondary N) is 2. The van der Waals surface area contributed by atoms with E-state index in [1.54, 1.807) is 6.07 Å². The van der Waals surface area contributed by atoms with Gasteiger partial charge in [-0.2, -0.15) is 0 Å². The number of anilines is 2. The first kappa shape index (κ1) is 13.5. The maximum absolute atomic E-state index is 13.8. The Kier molecular flexibility index (Phi) is 3.08. The molecule has 6 heteroatoms. The van der Waals surface area contributed by atoms with Crippen LogP contribution in [0, 0.1) is 5.82 Å². The molecule has 2 aromatic carbocycles. The number of methoxy groups -OCH3 is 1. The Bertz CT molecular complexity index is 1010. The van der Waals surface area contributed by atoms with Gasteiger partial charge in [0.1, 0.15) is 12.1 Å². The van der Waals surface area contributed by atoms with Gasteiger partial charge in [-0.15, -0.1) is 0 Å². The average molecular weight is 308 g/mol. The fourth-order valence-electron chi connectivity index (χ4n) is 2.58. The molecule has 23 heavy (non-hydrogen) atoms. The van der Waals surface area contributed by atoms with Crippen LogP contribution in [0.2, 0.25) is 0 Å². The Morgan fingerprint density at radius 1 is 1.13 bits per heavy atom. The minimum Gasteiger partial charge on any atom is -0.494 e. The Morgan fingerprint density at radius 3 is 2.91 bits per heavy atom. The van der Waals surface area contributed by atoms with E-state index in [4.69, 9.17) is 4.74 Å². The number of aromatic nitrogens is 3. The summed E-state index contributed by atoms with van der Waals surface area (Å²) in [6.45, 7) is 0. The number of halogens is 1. The standard InChI is InChI=1S/C17H13FN4O/c1-23-16-7-12-15(8-13(16)18)20-9-21-17(12)22-11-2-3-14-10(6-11)4-5-19-14/h2-9,19H,1H3,(H,20,21,22). The highest BCUT2D eigenvalue weighted by Crippen LogP contribution is 2.29. The van der Waals surface area contributed by atoms with Gasteiger partial charge in [0.2, 0.25) is 0 Å². The van der Waals surface area contributed by atoms with Crippen LogP contribution in [0.15, 0.2) is 48.9 Å². The Morgan fingerprint density at radius 2 is 2.04 bits per heavy atom. The molecule has 4 aromatic rings. The van der Waals surface area contributed by atoms with Gasteiger partial charge in [-0.05, 0) is 30.3 Å². The van der Waals surface area contributed by atoms with Gasteiger partial charge >= 0.3 is 0 Å². The van der Waals surface area contributed by atoms with Crippen LogP contribution in [0.25, 0.3) is 21.8 Å². The minimum atomic E-state index is -0.446. The molecule has 0 aliphatic rings. The van der Waals surface area contributed by atoms with Gasteiger partial charge in [-0.25, -0.2) is 14.4 Å². The van der Waals surface area contributed by atoms with Gasteiger partial charge in [-0.1, -0.05) is 0 Å². The number of nitrogens with zero attached hydrogens (tertiary/aromatic N) is 2. The lowest BCUT2D eigenvalue weighted by molar-refractivity contribution is 0.387. The second kappa shape index (κ2) is 5.24. The minimum absolute atomic E-state index is 0.163. The first-order chi connectivity index (χ1) is 11.2. The second-order valence-corrected chi connectivity index (χ2v) is 5.13. The van der Waals surface area contributed by atoms with Gasteiger partial charge in [-0.3, -0.25) is 0 Å². The normalized spacial score (nSPS) is 11.0. The van der Waals surface area contributed by atoms with Crippen molar-refractivity contribution in [2.75, 3.05) is 12.4 Å². The van der Waals surface area contributed by atoms with Crippen LogP contribution in [0.5, 0.6) is 5.75 Å². The molecule has 2 heterocycles. The molecule has 0 fully saturated rings. The smallest absolute Gasteiger partial charge is 0.167 e. The van der Waals surface area contributed by atoms with Gasteiger partial charge in [0.05, 0.1) is 12.6 Å². The van der Waals surface area contributed by atoms with Crippen molar-refractivity contribution >= 4 is 33.3 Å². The molecule has 0 aliphatic heterocycles. The zero-order chi connectivity index (χ0) is 15.8. The average Bonchev–Trinajstić information content (AvgIpc) is 3.02. The van der Waals surface area contributed by atoms with Crippen molar-refractivity contribution < 1.29 is 9.13 Å². The van der Waals surface area contributed by atoms with Crippen LogP contribution >= 0.6 is 0 Å². The van der Waals surface area contributed by atoms with E-state index < -0.39 is 5.82 Å². The van der Waals surface area contributed by atoms with Crippen molar-refractivity contribution in [3.05, 3.63) is 54.7 Å². The van der Waals surface area contributed by atoms with Gasteiger partial charge in [0.25, 0.3) is 0 Å². The third-order valence-corrected chi connectivity index (χ3v) is 3.72. The Labute approximate surface area is 131 Å². The number of H-pyrrole nitrogens is 1. The number of benzene rings is 2. The van der Waals surface area contributed by atoms with E-state index in [2.05, 4.69) is 20.3 Å². The van der Waals surface area contributed by atoms with E-state index in [-0.39, 0.29) is 5.75 Å². The molecular weight excluding hydrogens is 295 g/mol. The summed E-state index contributed by atoms with van der Waals surface area (Å²) < 4.78 is 18.9. The lowest BCUT2D eigenvalue weighted by atomic mass is 10.2. The highest BCUT2D eigenvalue weighted by Gasteiger charge is 2.10. The molecule has 0 radical (unpaired) electrons. The molecule has 0 amide bonds. The van der Waals surface area contributed by atoms with Gasteiger partial charge in [0, 0.05) is 34.2 Å². The summed E-state index contributed by atoms with van der Waals surface area (Å²) in [5, 5.41) is 5.05. The lowest BCUT2D eigenvalue weighted by Gasteiger charge is -2.10. The van der Waals surface area contributed by atoms with E-state index in [1.165, 1.54) is 19.5 Å². The third-order valence-electron chi connectivity index (χ3n) is 3.72. The summed E-state index contributed by atoms with van der Waals surface area (Å²) in [5.41, 5.74) is 2.47. The largest absolute Gasteiger partial charge is 0.494 e. The Hall–Kier alpha value is -3.15. The van der Waals surface area contributed by atoms with E-state index in [0.717, 1.165) is 16.6 Å². The number of ether oxygens (including phenoxy) is 1. The van der Waals surface area contributed by atoms with Crippen LogP contribution in [0.3, 0.4) is 0 Å². The van der Waals surface area contributed by atoms with Crippen molar-refractivity contribution in [2.45, 2.75) is 0 Å². The summed E-state index contributed by atoms with van der Waals surface area (Å²) in [7, 11) is 1.43. The van der Waals surface area contributed by atoms with E-state index in [0.29, 0.717) is 16.7 Å². The van der Waals surface area contributed by atoms with Crippen molar-refractivity contribution in [1.29, 1.82) is 0 Å². The molecule has 0 aliphatic carbocycles. The first-order valence-corrected chi connectivity index (χ1v) is 7.07. The summed E-state index contributed by atoms with van der Waals surface area (Å²) >= 11 is 0. The quantitative estimate of drug-likeness (QED) is 0.600. The SMILES string of the molecule is COc1cc2c(Nc3ccc4[nH]ccc4c3)ncnc2cc1F. The van der Waals surface area contributed by atoms with Crippen LogP contribution in [-0.2, 0) is 0 Å². The Balaban J connectivity index is 1.81. The molecule has 0 unspecified atom stereocenters. The maximum Gasteiger partial charge on any atom is 0.167 e. The number of hydrogen-bond acceptors (Lipinski definition) is 4. The zero-order valence-corrected chi connectivity index (χ0v) is 12.3. The van der Waals surface area contributed by atoms with Crippen LogP contribution in [-0.4, -0.2) is 22.1 Å². The second-order valence-electron chi connectivity index (χ2n) is 5.13. The molecule has 114 valence electrons. The predicted octanol–water partition coefficient (Wildman–Crippen LogP) is 4.00. The fourth-order valence-corrected chi connectivity index (χ4v) is 2.58. The predicted molar refractivity (Wildman–Crippen MR) is 87.6 cm³/mol. The summed E-state index contributed by atoms with van der Waals surface area (Å²) in [6, 6.07) is 10.9. The van der Waals surface area contributed by atoms with Crippen LogP contribution in [0.4, 0.5) is 15.9 Å². The van der Waals surface area contributed by atoms with Crippen LogP contribution in [0.1, 0.15) is 0 Å². The molecular formula is C17H13FN4O. The highest BCUT2D eigenvalue weighted by molar-refractivity contribution is 5.93. The fraction of sp³-hybridized carbons (Fsp3) is 0.0588. The molecule has 0 bridgehead atoms. The van der Waals surface area contributed by atoms with Crippen molar-refractivity contribution in [1.82, 2.24) is 15.0 Å². The summed E-state index contributed by atoms with van der Waals surface area (Å²) in [5.74, 6) is 0.318. The highest BCUT2D eigenvalue weighted by atomic mass is 19.1. The summed E-state index contributed by atoms with van der Waals surface area (Å²) in [6.07, 6.45) is 3.30. The first-order valence-electron chi connectivity index (χ1n) is 7.07. The molecule has 0 atom stereocenters. The molecule has 2 aromatic heterocycles. The van der Waals surface area contributed by atoms with Crippen molar-refractivity contribution in [3.63, 3.8) is 0 Å². The lowest BCUT2D eigenvalue weighted by Crippen LogP contribution is -1.97. The number of aromatic amines is 1. The maximum atomic E-state index is 13.8. The van der Waals surface area contributed by atoms with Gasteiger partial charge in [0.15, 0.2) is 11.6 Å². The monoisotopic (exact) mass is 308 g/mol. The molecule has 0 saturated carbocycles. The summed E-state index contributed by atoms with van der Waals surface area (Å²) in [4.78, 5) is 11.5. The van der Waals surface area contributed by atoms with E-state index in [1.807, 2.05) is 30.5 Å². The van der Waals surface area contributed by atoms with Crippen molar-refractivity contribution in [2.24, 2.45) is 0 Å². The molecule has 0 saturated heterocycles. The van der Waals surface area contributed by atoms with Crippen molar-refractivity contribution in [3.8, 4) is 5.75 Å². The topological polar surface area (TPSA) is 62.8 Å². The van der Waals surface area contributed by atoms with Gasteiger partial charge < -0.3 is 15.0 Å². The molecule has 4 rings (SSSR count). The third kappa shape index (κ3) is 2.34. The van der Waals surface area contributed by atoms with E-state index >= 15 is 0 Å². The number of rotatable bonds is 3. The zero-order valence-electron chi connectivity index (χ0n) is 12.3. The molecule has 5 nitrogen and oxygen atoms in total.